The Morgan fingerprint density at radius 1 is 1.38 bits per heavy atom. The Balaban J connectivity index is 2.81. The van der Waals surface area contributed by atoms with Gasteiger partial charge in [-0.3, -0.25) is 4.90 Å². The summed E-state index contributed by atoms with van der Waals surface area (Å²) in [5.41, 5.74) is 1.08. The summed E-state index contributed by atoms with van der Waals surface area (Å²) in [7, 11) is 1.55. The highest BCUT2D eigenvalue weighted by atomic mass is 16.4. The maximum atomic E-state index is 12.1. The second kappa shape index (κ2) is 7.29. The van der Waals surface area contributed by atoms with Gasteiger partial charge >= 0.3 is 12.0 Å². The number of hydrogen-bond donors (Lipinski definition) is 2. The van der Waals surface area contributed by atoms with E-state index in [0.717, 1.165) is 0 Å². The Bertz CT molecular complexity index is 548. The number of amides is 2. The Kier molecular flexibility index (Phi) is 5.73. The number of benzene rings is 1. The minimum absolute atomic E-state index is 0.166. The van der Waals surface area contributed by atoms with Gasteiger partial charge in [-0.25, -0.2) is 9.59 Å². The van der Waals surface area contributed by atoms with E-state index in [9.17, 15) is 14.7 Å². The van der Waals surface area contributed by atoms with E-state index in [1.165, 1.54) is 4.90 Å². The van der Waals surface area contributed by atoms with E-state index in [4.69, 9.17) is 5.26 Å². The molecule has 2 N–H and O–H groups in total. The van der Waals surface area contributed by atoms with Gasteiger partial charge in [0.05, 0.1) is 11.6 Å². The predicted molar refractivity (Wildman–Crippen MR) is 79.0 cm³/mol. The van der Waals surface area contributed by atoms with Crippen molar-refractivity contribution in [3.63, 3.8) is 0 Å². The molecule has 2 atom stereocenters. The zero-order valence-electron chi connectivity index (χ0n) is 12.3. The van der Waals surface area contributed by atoms with Crippen molar-refractivity contribution >= 4 is 17.7 Å². The quantitative estimate of drug-likeness (QED) is 0.869. The maximum absolute atomic E-state index is 12.1. The summed E-state index contributed by atoms with van der Waals surface area (Å²) in [5, 5.41) is 20.4. The summed E-state index contributed by atoms with van der Waals surface area (Å²) in [6.45, 7) is 3.65. The molecule has 21 heavy (non-hydrogen) atoms. The van der Waals surface area contributed by atoms with E-state index in [1.54, 1.807) is 38.2 Å². The minimum atomic E-state index is -1.05. The number of carboxylic acid groups (broad SMARTS) is 1. The molecule has 0 aromatic heterocycles. The highest BCUT2D eigenvalue weighted by Crippen LogP contribution is 2.15. The number of hydrogen-bond acceptors (Lipinski definition) is 3. The Morgan fingerprint density at radius 3 is 2.38 bits per heavy atom. The lowest BCUT2D eigenvalue weighted by atomic mass is 9.99. The standard InChI is InChI=1S/C15H19N3O3/c1-4-10(2)13(14(19)20)17-15(21)18(3)12-7-5-11(9-16)6-8-12/h5-8,10,13H,4H2,1-3H3,(H,17,21)(H,19,20). The summed E-state index contributed by atoms with van der Waals surface area (Å²) in [5.74, 6) is -1.22. The van der Waals surface area contributed by atoms with Crippen LogP contribution in [-0.4, -0.2) is 30.2 Å². The number of carboxylic acids is 1. The normalized spacial score (nSPS) is 12.9. The fraction of sp³-hybridized carbons (Fsp3) is 0.400. The lowest BCUT2D eigenvalue weighted by Gasteiger charge is -2.24. The maximum Gasteiger partial charge on any atom is 0.326 e. The molecule has 1 aromatic rings. The molecular weight excluding hydrogens is 270 g/mol. The first-order valence-electron chi connectivity index (χ1n) is 6.67. The Hall–Kier alpha value is -2.55. The zero-order chi connectivity index (χ0) is 16.0. The monoisotopic (exact) mass is 289 g/mol. The molecule has 0 bridgehead atoms. The second-order valence-electron chi connectivity index (χ2n) is 4.87. The van der Waals surface area contributed by atoms with Crippen LogP contribution in [0.4, 0.5) is 10.5 Å². The number of nitrogens with zero attached hydrogens (tertiary/aromatic N) is 2. The first-order chi connectivity index (χ1) is 9.90. The summed E-state index contributed by atoms with van der Waals surface area (Å²) in [6.07, 6.45) is 0.651. The van der Waals surface area contributed by atoms with E-state index >= 15 is 0 Å². The van der Waals surface area contributed by atoms with Crippen LogP contribution < -0.4 is 10.2 Å². The van der Waals surface area contributed by atoms with Gasteiger partial charge in [0.25, 0.3) is 0 Å². The van der Waals surface area contributed by atoms with Crippen LogP contribution in [0.25, 0.3) is 0 Å². The van der Waals surface area contributed by atoms with Crippen molar-refractivity contribution in [2.24, 2.45) is 5.92 Å². The van der Waals surface area contributed by atoms with Crippen molar-refractivity contribution in [1.82, 2.24) is 5.32 Å². The van der Waals surface area contributed by atoms with Crippen molar-refractivity contribution < 1.29 is 14.7 Å². The number of carbonyl (C=O) groups is 2. The summed E-state index contributed by atoms with van der Waals surface area (Å²) in [6, 6.07) is 7.05. The molecule has 6 nitrogen and oxygen atoms in total. The number of nitrogens with one attached hydrogen (secondary N) is 1. The highest BCUT2D eigenvalue weighted by Gasteiger charge is 2.26. The highest BCUT2D eigenvalue weighted by molar-refractivity contribution is 5.94. The molecule has 0 spiro atoms. The van der Waals surface area contributed by atoms with Crippen LogP contribution in [0, 0.1) is 17.2 Å². The van der Waals surface area contributed by atoms with Crippen LogP contribution >= 0.6 is 0 Å². The van der Waals surface area contributed by atoms with Gasteiger partial charge in [-0.05, 0) is 30.2 Å². The molecule has 112 valence electrons. The third-order valence-electron chi connectivity index (χ3n) is 3.45. The summed E-state index contributed by atoms with van der Waals surface area (Å²) >= 11 is 0. The van der Waals surface area contributed by atoms with Crippen LogP contribution in [0.2, 0.25) is 0 Å². The third kappa shape index (κ3) is 4.21. The molecule has 6 heteroatoms. The van der Waals surface area contributed by atoms with Crippen LogP contribution in [0.5, 0.6) is 0 Å². The van der Waals surface area contributed by atoms with Crippen LogP contribution in [0.3, 0.4) is 0 Å². The Labute approximate surface area is 124 Å². The van der Waals surface area contributed by atoms with E-state index < -0.39 is 18.0 Å². The molecule has 0 radical (unpaired) electrons. The van der Waals surface area contributed by atoms with Crippen molar-refractivity contribution in [2.75, 3.05) is 11.9 Å². The molecule has 1 rings (SSSR count). The lowest BCUT2D eigenvalue weighted by molar-refractivity contribution is -0.140. The number of nitriles is 1. The number of urea groups is 1. The molecule has 2 amide bonds. The predicted octanol–water partition coefficient (Wildman–Crippen LogP) is 2.20. The van der Waals surface area contributed by atoms with Crippen molar-refractivity contribution in [1.29, 1.82) is 5.26 Å². The summed E-state index contributed by atoms with van der Waals surface area (Å²) < 4.78 is 0. The largest absolute Gasteiger partial charge is 0.480 e. The Morgan fingerprint density at radius 2 is 1.95 bits per heavy atom. The van der Waals surface area contributed by atoms with Crippen LogP contribution in [0.1, 0.15) is 25.8 Å². The number of carbonyl (C=O) groups excluding carboxylic acids is 1. The van der Waals surface area contributed by atoms with Crippen molar-refractivity contribution in [2.45, 2.75) is 26.3 Å². The zero-order valence-corrected chi connectivity index (χ0v) is 12.3. The smallest absolute Gasteiger partial charge is 0.326 e. The van der Waals surface area contributed by atoms with Crippen molar-refractivity contribution in [3.8, 4) is 6.07 Å². The average molecular weight is 289 g/mol. The number of anilines is 1. The van der Waals surface area contributed by atoms with Crippen LogP contribution in [-0.2, 0) is 4.79 Å². The van der Waals surface area contributed by atoms with Gasteiger partial charge in [-0.2, -0.15) is 5.26 Å². The number of aliphatic carboxylic acids is 1. The topological polar surface area (TPSA) is 93.4 Å². The lowest BCUT2D eigenvalue weighted by Crippen LogP contribution is -2.49. The first kappa shape index (κ1) is 16.5. The first-order valence-corrected chi connectivity index (χ1v) is 6.67. The van der Waals surface area contributed by atoms with Gasteiger partial charge in [0, 0.05) is 12.7 Å². The van der Waals surface area contributed by atoms with Gasteiger partial charge in [0.1, 0.15) is 6.04 Å². The molecule has 0 fully saturated rings. The molecule has 2 unspecified atom stereocenters. The molecule has 1 aromatic carbocycles. The molecule has 0 aliphatic heterocycles. The third-order valence-corrected chi connectivity index (χ3v) is 3.45. The molecular formula is C15H19N3O3. The van der Waals surface area contributed by atoms with E-state index in [0.29, 0.717) is 17.7 Å². The molecule has 0 aliphatic carbocycles. The van der Waals surface area contributed by atoms with Gasteiger partial charge < -0.3 is 10.4 Å². The van der Waals surface area contributed by atoms with Gasteiger partial charge in [0.2, 0.25) is 0 Å². The SMILES string of the molecule is CCC(C)C(NC(=O)N(C)c1ccc(C#N)cc1)C(=O)O. The van der Waals surface area contributed by atoms with Gasteiger partial charge in [-0.15, -0.1) is 0 Å². The molecule has 0 aliphatic rings. The van der Waals surface area contributed by atoms with Gasteiger partial charge in [-0.1, -0.05) is 20.3 Å². The molecule has 0 heterocycles. The average Bonchev–Trinajstić information content (AvgIpc) is 2.50. The second-order valence-corrected chi connectivity index (χ2v) is 4.87. The van der Waals surface area contributed by atoms with Crippen LogP contribution in [0.15, 0.2) is 24.3 Å². The van der Waals surface area contributed by atoms with E-state index in [2.05, 4.69) is 5.32 Å². The van der Waals surface area contributed by atoms with E-state index in [1.807, 2.05) is 13.0 Å². The fourth-order valence-electron chi connectivity index (χ4n) is 1.79. The molecule has 0 saturated carbocycles. The summed E-state index contributed by atoms with van der Waals surface area (Å²) in [4.78, 5) is 24.6. The number of rotatable bonds is 5. The van der Waals surface area contributed by atoms with E-state index in [-0.39, 0.29) is 5.92 Å². The van der Waals surface area contributed by atoms with Crippen molar-refractivity contribution in [3.05, 3.63) is 29.8 Å². The van der Waals surface area contributed by atoms with Gasteiger partial charge in [0.15, 0.2) is 0 Å². The fourth-order valence-corrected chi connectivity index (χ4v) is 1.79. The molecule has 0 saturated heterocycles. The minimum Gasteiger partial charge on any atom is -0.480 e.